The molecule has 0 aliphatic carbocycles. The van der Waals surface area contributed by atoms with Crippen LogP contribution < -0.4 is 5.32 Å². The van der Waals surface area contributed by atoms with E-state index in [-0.39, 0.29) is 0 Å². The Morgan fingerprint density at radius 2 is 0.551 bits per heavy atom. The van der Waals surface area contributed by atoms with Gasteiger partial charge in [-0.1, -0.05) is 0 Å². The van der Waals surface area contributed by atoms with Gasteiger partial charge in [-0.2, -0.15) is 105 Å². The number of nitrogens with one attached hydrogen (secondary N) is 1. The van der Waals surface area contributed by atoms with Crippen molar-refractivity contribution in [2.24, 2.45) is 0 Å². The van der Waals surface area contributed by atoms with Gasteiger partial charge in [0.15, 0.2) is 12.3 Å². The standard InChI is InChI=1S/C22H21F26N/c1-9(23)13(29,30)17(37,38)21(45,46)19(41,42)15(33,34)11(25,26)5-3-7-49-8-4-6-12(27,28)16(35,36)20(43,44)22(47,48)18(39,40)14(31,32)10(2)24/h9-10,49H,3-8H2,1-2H3. The lowest BCUT2D eigenvalue weighted by Gasteiger charge is -2.41. The third kappa shape index (κ3) is 7.15. The topological polar surface area (TPSA) is 12.0 Å². The summed E-state index contributed by atoms with van der Waals surface area (Å²) in [5.41, 5.74) is 0. The zero-order valence-corrected chi connectivity index (χ0v) is 23.7. The molecule has 0 saturated carbocycles. The van der Waals surface area contributed by atoms with Crippen LogP contribution in [0.3, 0.4) is 0 Å². The van der Waals surface area contributed by atoms with Gasteiger partial charge in [-0.3, -0.25) is 0 Å². The van der Waals surface area contributed by atoms with Gasteiger partial charge >= 0.3 is 71.1 Å². The Labute approximate surface area is 256 Å². The normalized spacial score (nSPS) is 17.4. The van der Waals surface area contributed by atoms with Crippen molar-refractivity contribution in [2.45, 2.75) is 123 Å². The predicted molar refractivity (Wildman–Crippen MR) is 112 cm³/mol. The minimum atomic E-state index is -8.08. The van der Waals surface area contributed by atoms with E-state index in [1.807, 2.05) is 0 Å². The minimum absolute atomic E-state index is 0.607. The summed E-state index contributed by atoms with van der Waals surface area (Å²) in [4.78, 5) is 0. The fourth-order valence-corrected chi connectivity index (χ4v) is 3.48. The lowest BCUT2D eigenvalue weighted by atomic mass is 9.89. The van der Waals surface area contributed by atoms with E-state index in [0.717, 1.165) is 0 Å². The van der Waals surface area contributed by atoms with Crippen LogP contribution in [0.4, 0.5) is 114 Å². The van der Waals surface area contributed by atoms with Crippen molar-refractivity contribution in [3.8, 4) is 0 Å². The molecule has 49 heavy (non-hydrogen) atoms. The molecule has 27 heteroatoms. The Morgan fingerprint density at radius 1 is 0.347 bits per heavy atom. The molecule has 2 unspecified atom stereocenters. The van der Waals surface area contributed by atoms with Gasteiger partial charge in [0.25, 0.3) is 0 Å². The van der Waals surface area contributed by atoms with Crippen molar-refractivity contribution in [1.82, 2.24) is 5.32 Å². The molecular weight excluding hydrogens is 772 g/mol. The molecule has 0 aliphatic rings. The van der Waals surface area contributed by atoms with Crippen LogP contribution in [-0.4, -0.2) is 96.5 Å². The van der Waals surface area contributed by atoms with Gasteiger partial charge in [-0.05, 0) is 39.8 Å². The molecule has 0 aromatic rings. The Balaban J connectivity index is 5.62. The maximum absolute atomic E-state index is 13.8. The minimum Gasteiger partial charge on any atom is -0.317 e. The van der Waals surface area contributed by atoms with Crippen molar-refractivity contribution < 1.29 is 114 Å². The molecule has 0 bridgehead atoms. The first kappa shape index (κ1) is 47.1. The zero-order chi connectivity index (χ0) is 40.1. The van der Waals surface area contributed by atoms with E-state index in [2.05, 4.69) is 0 Å². The van der Waals surface area contributed by atoms with Crippen LogP contribution in [0.15, 0.2) is 0 Å². The molecule has 0 aromatic heterocycles. The van der Waals surface area contributed by atoms with E-state index in [1.165, 1.54) is 5.32 Å². The van der Waals surface area contributed by atoms with Gasteiger partial charge in [0.2, 0.25) is 0 Å². The highest BCUT2D eigenvalue weighted by Crippen LogP contribution is 2.63. The molecule has 0 aromatic carbocycles. The van der Waals surface area contributed by atoms with Crippen molar-refractivity contribution in [3.63, 3.8) is 0 Å². The second-order valence-corrected chi connectivity index (χ2v) is 10.4. The molecule has 2 atom stereocenters. The van der Waals surface area contributed by atoms with E-state index in [0.29, 0.717) is 0 Å². The molecule has 0 fully saturated rings. The molecule has 296 valence electrons. The average molecular weight is 793 g/mol. The van der Waals surface area contributed by atoms with Gasteiger partial charge in [0.1, 0.15) is 0 Å². The summed E-state index contributed by atoms with van der Waals surface area (Å²) in [6, 6.07) is 0. The summed E-state index contributed by atoms with van der Waals surface area (Å²) in [6.07, 6.45) is -17.8. The summed E-state index contributed by atoms with van der Waals surface area (Å²) < 4.78 is 351. The fraction of sp³-hybridized carbons (Fsp3) is 1.00. The Hall–Kier alpha value is -1.86. The van der Waals surface area contributed by atoms with Crippen molar-refractivity contribution >= 4 is 0 Å². The summed E-state index contributed by atoms with van der Waals surface area (Å²) in [5, 5.41) is 1.54. The van der Waals surface area contributed by atoms with Gasteiger partial charge < -0.3 is 5.32 Å². The summed E-state index contributed by atoms with van der Waals surface area (Å²) in [6.45, 7) is -3.96. The maximum Gasteiger partial charge on any atom is 0.384 e. The second-order valence-electron chi connectivity index (χ2n) is 10.4. The largest absolute Gasteiger partial charge is 0.384 e. The second kappa shape index (κ2) is 13.6. The SMILES string of the molecule is CC(F)C(F)(F)C(F)(F)C(F)(F)C(F)(F)C(F)(F)C(F)(F)CCCNCCCC(F)(F)C(F)(F)C(F)(F)C(F)(F)C(F)(F)C(F)(F)C(C)F. The number of alkyl halides is 26. The van der Waals surface area contributed by atoms with Crippen LogP contribution in [0.25, 0.3) is 0 Å². The van der Waals surface area contributed by atoms with Gasteiger partial charge in [-0.25, -0.2) is 8.78 Å². The highest BCUT2D eigenvalue weighted by molar-refractivity contribution is 5.14. The lowest BCUT2D eigenvalue weighted by Crippen LogP contribution is -2.71. The predicted octanol–water partition coefficient (Wildman–Crippen LogP) is 10.5. The number of halogens is 26. The highest BCUT2D eigenvalue weighted by Gasteiger charge is 2.91. The van der Waals surface area contributed by atoms with Crippen LogP contribution in [0, 0.1) is 0 Å². The first-order valence-corrected chi connectivity index (χ1v) is 12.6. The van der Waals surface area contributed by atoms with Crippen LogP contribution in [0.5, 0.6) is 0 Å². The molecule has 0 aliphatic heterocycles. The Morgan fingerprint density at radius 3 is 0.755 bits per heavy atom. The fourth-order valence-electron chi connectivity index (χ4n) is 3.48. The Kier molecular flexibility index (Phi) is 13.1. The molecule has 0 amide bonds. The number of hydrogen-bond acceptors (Lipinski definition) is 1. The quantitative estimate of drug-likeness (QED) is 0.0957. The van der Waals surface area contributed by atoms with E-state index in [9.17, 15) is 114 Å². The molecular formula is C22H21F26N. The summed E-state index contributed by atoms with van der Waals surface area (Å²) in [7, 11) is 0. The molecule has 0 radical (unpaired) electrons. The third-order valence-corrected chi connectivity index (χ3v) is 6.81. The zero-order valence-electron chi connectivity index (χ0n) is 23.7. The van der Waals surface area contributed by atoms with E-state index >= 15 is 0 Å². The van der Waals surface area contributed by atoms with Gasteiger partial charge in [0.05, 0.1) is 0 Å². The molecule has 0 heterocycles. The molecule has 0 rings (SSSR count). The molecule has 1 N–H and O–H groups in total. The van der Waals surface area contributed by atoms with Crippen LogP contribution >= 0.6 is 0 Å². The molecule has 1 nitrogen and oxygen atoms in total. The maximum atomic E-state index is 13.8. The smallest absolute Gasteiger partial charge is 0.317 e. The Bertz CT molecular complexity index is 1010. The van der Waals surface area contributed by atoms with Gasteiger partial charge in [-0.15, -0.1) is 0 Å². The van der Waals surface area contributed by atoms with Crippen LogP contribution in [0.1, 0.15) is 39.5 Å². The average Bonchev–Trinajstić information content (AvgIpc) is 2.90. The lowest BCUT2D eigenvalue weighted by molar-refractivity contribution is -0.429. The first-order chi connectivity index (χ1) is 21.1. The van der Waals surface area contributed by atoms with Crippen LogP contribution in [-0.2, 0) is 0 Å². The van der Waals surface area contributed by atoms with Crippen molar-refractivity contribution in [1.29, 1.82) is 0 Å². The number of rotatable bonds is 20. The summed E-state index contributed by atoms with van der Waals surface area (Å²) in [5.74, 6) is -89.7. The van der Waals surface area contributed by atoms with E-state index < -0.39 is 136 Å². The first-order valence-electron chi connectivity index (χ1n) is 12.6. The highest BCUT2D eigenvalue weighted by atomic mass is 19.4. The molecule has 0 saturated heterocycles. The van der Waals surface area contributed by atoms with E-state index in [4.69, 9.17) is 0 Å². The number of hydrogen-bond donors (Lipinski definition) is 1. The van der Waals surface area contributed by atoms with E-state index in [1.54, 1.807) is 0 Å². The van der Waals surface area contributed by atoms with Crippen LogP contribution in [0.2, 0.25) is 0 Å². The summed E-state index contributed by atoms with van der Waals surface area (Å²) >= 11 is 0. The third-order valence-electron chi connectivity index (χ3n) is 6.81. The van der Waals surface area contributed by atoms with Crippen molar-refractivity contribution in [3.05, 3.63) is 0 Å². The van der Waals surface area contributed by atoms with Crippen molar-refractivity contribution in [2.75, 3.05) is 13.1 Å². The molecule has 0 spiro atoms. The monoisotopic (exact) mass is 793 g/mol. The van der Waals surface area contributed by atoms with Gasteiger partial charge in [0, 0.05) is 12.8 Å².